The van der Waals surface area contributed by atoms with Crippen molar-refractivity contribution in [2.75, 3.05) is 11.9 Å². The predicted molar refractivity (Wildman–Crippen MR) is 118 cm³/mol. The number of anilines is 1. The number of nitrogens with zero attached hydrogens (tertiary/aromatic N) is 2. The fourth-order valence-electron chi connectivity index (χ4n) is 3.37. The van der Waals surface area contributed by atoms with E-state index in [0.717, 1.165) is 40.8 Å². The van der Waals surface area contributed by atoms with Crippen molar-refractivity contribution in [2.24, 2.45) is 0 Å². The molecule has 0 aliphatic rings. The SMILES string of the molecule is CCc1ccc(CC)c(-c2nonc2NC(=O)COc2cc(C)ccc2C(C)C)c1. The molecule has 3 rings (SSSR count). The number of aromatic nitrogens is 2. The average Bonchev–Trinajstić information content (AvgIpc) is 3.19. The first-order valence-corrected chi connectivity index (χ1v) is 10.4. The molecule has 0 saturated heterocycles. The maximum absolute atomic E-state index is 12.6. The molecule has 3 aromatic rings. The third-order valence-corrected chi connectivity index (χ3v) is 5.11. The maximum Gasteiger partial charge on any atom is 0.263 e. The lowest BCUT2D eigenvalue weighted by Gasteiger charge is -2.14. The molecule has 0 saturated carbocycles. The van der Waals surface area contributed by atoms with Crippen LogP contribution >= 0.6 is 0 Å². The van der Waals surface area contributed by atoms with Crippen LogP contribution in [-0.2, 0) is 17.6 Å². The number of ether oxygens (including phenoxy) is 1. The Morgan fingerprint density at radius 1 is 1.10 bits per heavy atom. The molecule has 0 radical (unpaired) electrons. The van der Waals surface area contributed by atoms with Crippen LogP contribution in [0.5, 0.6) is 5.75 Å². The van der Waals surface area contributed by atoms with Crippen molar-refractivity contribution in [2.45, 2.75) is 53.4 Å². The number of amides is 1. The van der Waals surface area contributed by atoms with Gasteiger partial charge >= 0.3 is 0 Å². The molecule has 1 heterocycles. The summed E-state index contributed by atoms with van der Waals surface area (Å²) in [5.41, 5.74) is 5.92. The molecule has 0 aliphatic heterocycles. The third-order valence-electron chi connectivity index (χ3n) is 5.11. The van der Waals surface area contributed by atoms with Gasteiger partial charge in [0, 0.05) is 5.56 Å². The van der Waals surface area contributed by atoms with Gasteiger partial charge in [0.25, 0.3) is 5.91 Å². The smallest absolute Gasteiger partial charge is 0.263 e. The molecule has 0 fully saturated rings. The van der Waals surface area contributed by atoms with Gasteiger partial charge < -0.3 is 10.1 Å². The summed E-state index contributed by atoms with van der Waals surface area (Å²) in [6, 6.07) is 12.3. The van der Waals surface area contributed by atoms with Crippen LogP contribution in [0, 0.1) is 6.92 Å². The highest BCUT2D eigenvalue weighted by molar-refractivity contribution is 5.94. The Hall–Kier alpha value is -3.15. The summed E-state index contributed by atoms with van der Waals surface area (Å²) in [6.45, 7) is 10.3. The third kappa shape index (κ3) is 4.87. The lowest BCUT2D eigenvalue weighted by atomic mass is 9.98. The van der Waals surface area contributed by atoms with E-state index in [4.69, 9.17) is 9.37 Å². The van der Waals surface area contributed by atoms with Crippen molar-refractivity contribution in [3.63, 3.8) is 0 Å². The highest BCUT2D eigenvalue weighted by Gasteiger charge is 2.19. The van der Waals surface area contributed by atoms with E-state index in [2.05, 4.69) is 61.5 Å². The lowest BCUT2D eigenvalue weighted by molar-refractivity contribution is -0.118. The zero-order valence-corrected chi connectivity index (χ0v) is 18.3. The van der Waals surface area contributed by atoms with Gasteiger partial charge in [0.1, 0.15) is 5.75 Å². The number of carbonyl (C=O) groups excluding carboxylic acids is 1. The van der Waals surface area contributed by atoms with Crippen LogP contribution in [-0.4, -0.2) is 22.8 Å². The van der Waals surface area contributed by atoms with E-state index < -0.39 is 0 Å². The molecule has 1 amide bonds. The van der Waals surface area contributed by atoms with Crippen molar-refractivity contribution in [1.82, 2.24) is 10.3 Å². The summed E-state index contributed by atoms with van der Waals surface area (Å²) in [6.07, 6.45) is 1.75. The van der Waals surface area contributed by atoms with Gasteiger partial charge in [-0.15, -0.1) is 0 Å². The van der Waals surface area contributed by atoms with Gasteiger partial charge in [0.2, 0.25) is 5.82 Å². The first-order valence-electron chi connectivity index (χ1n) is 10.4. The van der Waals surface area contributed by atoms with Gasteiger partial charge in [-0.1, -0.05) is 52.0 Å². The number of hydrogen-bond donors (Lipinski definition) is 1. The van der Waals surface area contributed by atoms with Gasteiger partial charge in [-0.2, -0.15) is 0 Å². The van der Waals surface area contributed by atoms with Gasteiger partial charge in [0.05, 0.1) is 0 Å². The molecule has 1 aromatic heterocycles. The normalized spacial score (nSPS) is 11.0. The van der Waals surface area contributed by atoms with Crippen LogP contribution in [0.15, 0.2) is 41.0 Å². The Bertz CT molecular complexity index is 1020. The molecular formula is C24H29N3O3. The number of rotatable bonds is 8. The molecule has 2 aromatic carbocycles. The van der Waals surface area contributed by atoms with Crippen LogP contribution in [0.4, 0.5) is 5.82 Å². The minimum atomic E-state index is -0.312. The molecule has 30 heavy (non-hydrogen) atoms. The number of benzene rings is 2. The number of nitrogens with one attached hydrogen (secondary N) is 1. The molecule has 0 unspecified atom stereocenters. The first kappa shape index (κ1) is 21.6. The molecule has 6 heteroatoms. The zero-order valence-electron chi connectivity index (χ0n) is 18.3. The first-order chi connectivity index (χ1) is 14.4. The average molecular weight is 408 g/mol. The topological polar surface area (TPSA) is 77.3 Å². The second-order valence-electron chi connectivity index (χ2n) is 7.69. The van der Waals surface area contributed by atoms with Crippen LogP contribution in [0.25, 0.3) is 11.3 Å². The Kier molecular flexibility index (Phi) is 6.87. The second kappa shape index (κ2) is 9.57. The van der Waals surface area contributed by atoms with Gasteiger partial charge in [-0.3, -0.25) is 4.79 Å². The van der Waals surface area contributed by atoms with E-state index >= 15 is 0 Å². The van der Waals surface area contributed by atoms with E-state index in [1.54, 1.807) is 0 Å². The minimum absolute atomic E-state index is 0.120. The van der Waals surface area contributed by atoms with Gasteiger partial charge in [-0.05, 0) is 70.4 Å². The summed E-state index contributed by atoms with van der Waals surface area (Å²) >= 11 is 0. The summed E-state index contributed by atoms with van der Waals surface area (Å²) in [4.78, 5) is 12.6. The van der Waals surface area contributed by atoms with E-state index in [9.17, 15) is 4.79 Å². The monoisotopic (exact) mass is 407 g/mol. The molecule has 0 aliphatic carbocycles. The highest BCUT2D eigenvalue weighted by atomic mass is 16.6. The van der Waals surface area contributed by atoms with E-state index in [1.807, 2.05) is 25.1 Å². The summed E-state index contributed by atoms with van der Waals surface area (Å²) in [7, 11) is 0. The maximum atomic E-state index is 12.6. The fraction of sp³-hybridized carbons (Fsp3) is 0.375. The Balaban J connectivity index is 1.76. The zero-order chi connectivity index (χ0) is 21.7. The fourth-order valence-corrected chi connectivity index (χ4v) is 3.37. The second-order valence-corrected chi connectivity index (χ2v) is 7.69. The lowest BCUT2D eigenvalue weighted by Crippen LogP contribution is -2.21. The van der Waals surface area contributed by atoms with E-state index in [1.165, 1.54) is 5.56 Å². The molecular weight excluding hydrogens is 378 g/mol. The Morgan fingerprint density at radius 2 is 1.90 bits per heavy atom. The molecule has 6 nitrogen and oxygen atoms in total. The van der Waals surface area contributed by atoms with Crippen molar-refractivity contribution in [3.8, 4) is 17.0 Å². The predicted octanol–water partition coefficient (Wildman–Crippen LogP) is 5.31. The highest BCUT2D eigenvalue weighted by Crippen LogP contribution is 2.30. The van der Waals surface area contributed by atoms with Crippen LogP contribution < -0.4 is 10.1 Å². The quantitative estimate of drug-likeness (QED) is 0.547. The largest absolute Gasteiger partial charge is 0.483 e. The van der Waals surface area contributed by atoms with Crippen LogP contribution in [0.1, 0.15) is 55.9 Å². The van der Waals surface area contributed by atoms with Crippen molar-refractivity contribution in [1.29, 1.82) is 0 Å². The summed E-state index contributed by atoms with van der Waals surface area (Å²) < 4.78 is 10.8. The standard InChI is InChI=1S/C24H29N3O3/c1-6-17-9-10-18(7-2)20(13-17)23-24(27-30-26-23)25-22(28)14-29-21-12-16(5)8-11-19(21)15(3)4/h8-13,15H,6-7,14H2,1-5H3,(H,25,27,28). The number of aryl methyl sites for hydroxylation is 3. The van der Waals surface area contributed by atoms with E-state index in [-0.39, 0.29) is 12.5 Å². The molecule has 0 spiro atoms. The van der Waals surface area contributed by atoms with E-state index in [0.29, 0.717) is 17.4 Å². The van der Waals surface area contributed by atoms with Crippen LogP contribution in [0.3, 0.4) is 0 Å². The Morgan fingerprint density at radius 3 is 2.60 bits per heavy atom. The number of hydrogen-bond acceptors (Lipinski definition) is 5. The van der Waals surface area contributed by atoms with Gasteiger partial charge in [-0.25, -0.2) is 4.63 Å². The molecule has 0 atom stereocenters. The minimum Gasteiger partial charge on any atom is -0.483 e. The van der Waals surface area contributed by atoms with Crippen LogP contribution in [0.2, 0.25) is 0 Å². The van der Waals surface area contributed by atoms with Crippen molar-refractivity contribution < 1.29 is 14.2 Å². The Labute approximate surface area is 177 Å². The molecule has 0 bridgehead atoms. The summed E-state index contributed by atoms with van der Waals surface area (Å²) in [5.74, 6) is 1.02. The van der Waals surface area contributed by atoms with Crippen molar-refractivity contribution >= 4 is 11.7 Å². The molecule has 158 valence electrons. The number of carbonyl (C=O) groups is 1. The molecule has 1 N–H and O–H groups in total. The van der Waals surface area contributed by atoms with Crippen molar-refractivity contribution in [3.05, 3.63) is 58.7 Å². The van der Waals surface area contributed by atoms with Gasteiger partial charge in [0.15, 0.2) is 12.3 Å². The summed E-state index contributed by atoms with van der Waals surface area (Å²) in [5, 5.41) is 10.7.